The lowest BCUT2D eigenvalue weighted by molar-refractivity contribution is -0.244. The molecule has 6 nitrogen and oxygen atoms in total. The zero-order valence-electron chi connectivity index (χ0n) is 17.6. The Kier molecular flexibility index (Phi) is 4.73. The first-order chi connectivity index (χ1) is 12.7. The monoisotopic (exact) mass is 392 g/mol. The van der Waals surface area contributed by atoms with Crippen LogP contribution in [0.4, 0.5) is 0 Å². The molecule has 6 atom stereocenters. The van der Waals surface area contributed by atoms with E-state index >= 15 is 0 Å². The Morgan fingerprint density at radius 3 is 2.36 bits per heavy atom. The molecule has 3 aliphatic carbocycles. The summed E-state index contributed by atoms with van der Waals surface area (Å²) in [6.07, 6.45) is 3.85. The van der Waals surface area contributed by atoms with E-state index in [1.165, 1.54) is 6.92 Å². The number of ketones is 1. The SMILES string of the molecule is CC(=O)O[C@]1(C)C[C@@H](C)[C@@]2(O)C(C=C(CO)C[C@]3(O)C(=O)C(C)=C[C@@H]23)C1(C)C. The highest BCUT2D eigenvalue weighted by Gasteiger charge is 2.69. The van der Waals surface area contributed by atoms with E-state index in [1.807, 2.05) is 27.7 Å². The molecule has 1 fully saturated rings. The molecule has 0 heterocycles. The average Bonchev–Trinajstić information content (AvgIpc) is 2.73. The van der Waals surface area contributed by atoms with Crippen molar-refractivity contribution in [3.05, 3.63) is 23.3 Å². The second-order valence-electron chi connectivity index (χ2n) is 9.76. The Morgan fingerprint density at radius 2 is 1.82 bits per heavy atom. The van der Waals surface area contributed by atoms with Crippen LogP contribution in [0.2, 0.25) is 0 Å². The second kappa shape index (κ2) is 6.25. The van der Waals surface area contributed by atoms with Crippen molar-refractivity contribution in [2.24, 2.45) is 23.2 Å². The van der Waals surface area contributed by atoms with Crippen LogP contribution in [-0.4, -0.2) is 50.5 Å². The van der Waals surface area contributed by atoms with Crippen LogP contribution in [0.15, 0.2) is 23.3 Å². The van der Waals surface area contributed by atoms with Gasteiger partial charge in [0.05, 0.1) is 12.2 Å². The van der Waals surface area contributed by atoms with Crippen molar-refractivity contribution in [1.29, 1.82) is 0 Å². The van der Waals surface area contributed by atoms with E-state index in [2.05, 4.69) is 0 Å². The molecule has 3 rings (SSSR count). The number of carbonyl (C=O) groups excluding carboxylic acids is 2. The van der Waals surface area contributed by atoms with Gasteiger partial charge < -0.3 is 20.1 Å². The zero-order chi connectivity index (χ0) is 21.3. The highest BCUT2D eigenvalue weighted by atomic mass is 16.6. The van der Waals surface area contributed by atoms with Gasteiger partial charge in [0.25, 0.3) is 0 Å². The first kappa shape index (κ1) is 21.2. The van der Waals surface area contributed by atoms with Crippen LogP contribution in [0.3, 0.4) is 0 Å². The minimum atomic E-state index is -1.78. The average molecular weight is 392 g/mol. The molecule has 156 valence electrons. The number of esters is 1. The van der Waals surface area contributed by atoms with Gasteiger partial charge in [-0.05, 0) is 37.3 Å². The normalized spacial score (nSPS) is 44.8. The number of aliphatic hydroxyl groups excluding tert-OH is 1. The maximum absolute atomic E-state index is 12.8. The van der Waals surface area contributed by atoms with E-state index in [0.29, 0.717) is 17.6 Å². The van der Waals surface area contributed by atoms with Gasteiger partial charge >= 0.3 is 5.97 Å². The molecule has 0 aromatic carbocycles. The molecular formula is C22H32O6. The van der Waals surface area contributed by atoms with Gasteiger partial charge in [-0.3, -0.25) is 9.59 Å². The lowest BCUT2D eigenvalue weighted by atomic mass is 9.48. The standard InChI is InChI=1S/C22H32O6/c1-12-7-17-21(26,18(12)25)10-15(11-23)8-16-19(4,5)20(6,28-14(3)24)9-13(2)22(16,17)27/h7-8,13,16-17,23,26-27H,9-11H2,1-6H3/t13-,16?,17-,20-,21-,22-/m1/s1. The highest BCUT2D eigenvalue weighted by molar-refractivity contribution is 6.04. The maximum Gasteiger partial charge on any atom is 0.303 e. The third-order valence-corrected chi connectivity index (χ3v) is 7.78. The van der Waals surface area contributed by atoms with Crippen molar-refractivity contribution >= 4 is 11.8 Å². The van der Waals surface area contributed by atoms with E-state index < -0.39 is 45.8 Å². The van der Waals surface area contributed by atoms with E-state index in [-0.39, 0.29) is 18.9 Å². The van der Waals surface area contributed by atoms with Crippen molar-refractivity contribution < 1.29 is 29.6 Å². The molecule has 3 aliphatic rings. The molecule has 6 heteroatoms. The molecule has 0 aromatic heterocycles. The van der Waals surface area contributed by atoms with Crippen LogP contribution < -0.4 is 0 Å². The fourth-order valence-corrected chi connectivity index (χ4v) is 5.96. The summed E-state index contributed by atoms with van der Waals surface area (Å²) in [6, 6.07) is 0. The first-order valence-electron chi connectivity index (χ1n) is 9.92. The molecule has 28 heavy (non-hydrogen) atoms. The van der Waals surface area contributed by atoms with E-state index in [9.17, 15) is 24.9 Å². The minimum absolute atomic E-state index is 0.0211. The number of Topliss-reactive ketones (excluding diaryl/α,β-unsaturated/α-hetero) is 1. The summed E-state index contributed by atoms with van der Waals surface area (Å²) < 4.78 is 5.76. The smallest absolute Gasteiger partial charge is 0.303 e. The molecule has 0 spiro atoms. The van der Waals surface area contributed by atoms with Crippen molar-refractivity contribution in [1.82, 2.24) is 0 Å². The largest absolute Gasteiger partial charge is 0.459 e. The summed E-state index contributed by atoms with van der Waals surface area (Å²) in [5.41, 5.74) is -3.83. The molecule has 0 amide bonds. The third-order valence-electron chi connectivity index (χ3n) is 7.78. The highest BCUT2D eigenvalue weighted by Crippen LogP contribution is 2.62. The minimum Gasteiger partial charge on any atom is -0.459 e. The van der Waals surface area contributed by atoms with Crippen LogP contribution in [0, 0.1) is 23.2 Å². The number of aliphatic hydroxyl groups is 3. The molecule has 0 saturated heterocycles. The van der Waals surface area contributed by atoms with Gasteiger partial charge in [0.2, 0.25) is 0 Å². The fourth-order valence-electron chi connectivity index (χ4n) is 5.96. The lowest BCUT2D eigenvalue weighted by Crippen LogP contribution is -2.68. The molecule has 0 aliphatic heterocycles. The molecule has 0 radical (unpaired) electrons. The predicted octanol–water partition coefficient (Wildman–Crippen LogP) is 1.92. The number of hydrogen-bond acceptors (Lipinski definition) is 6. The number of rotatable bonds is 2. The van der Waals surface area contributed by atoms with Crippen LogP contribution in [0.25, 0.3) is 0 Å². The zero-order valence-corrected chi connectivity index (χ0v) is 17.6. The van der Waals surface area contributed by atoms with E-state index in [4.69, 9.17) is 4.74 Å². The van der Waals surface area contributed by atoms with Crippen molar-refractivity contribution in [2.75, 3.05) is 6.61 Å². The summed E-state index contributed by atoms with van der Waals surface area (Å²) in [5.74, 6) is -2.49. The van der Waals surface area contributed by atoms with Gasteiger partial charge in [0.1, 0.15) is 11.2 Å². The number of carbonyl (C=O) groups is 2. The van der Waals surface area contributed by atoms with Crippen molar-refractivity contribution in [2.45, 2.75) is 71.2 Å². The van der Waals surface area contributed by atoms with E-state index in [0.717, 1.165) is 0 Å². The summed E-state index contributed by atoms with van der Waals surface area (Å²) in [4.78, 5) is 24.7. The lowest BCUT2D eigenvalue weighted by Gasteiger charge is -2.61. The second-order valence-corrected chi connectivity index (χ2v) is 9.76. The molecule has 1 unspecified atom stereocenters. The summed E-state index contributed by atoms with van der Waals surface area (Å²) >= 11 is 0. The summed E-state index contributed by atoms with van der Waals surface area (Å²) in [6.45, 7) is 10.3. The van der Waals surface area contributed by atoms with Gasteiger partial charge in [-0.2, -0.15) is 0 Å². The predicted molar refractivity (Wildman–Crippen MR) is 103 cm³/mol. The molecule has 3 N–H and O–H groups in total. The van der Waals surface area contributed by atoms with Gasteiger partial charge in [0.15, 0.2) is 5.78 Å². The Balaban J connectivity index is 2.24. The van der Waals surface area contributed by atoms with Crippen molar-refractivity contribution in [3.8, 4) is 0 Å². The van der Waals surface area contributed by atoms with Crippen LogP contribution in [-0.2, 0) is 14.3 Å². The number of hydrogen-bond donors (Lipinski definition) is 3. The summed E-state index contributed by atoms with van der Waals surface area (Å²) in [5, 5.41) is 33.4. The molecular weight excluding hydrogens is 360 g/mol. The van der Waals surface area contributed by atoms with Gasteiger partial charge in [-0.1, -0.05) is 32.9 Å². The number of ether oxygens (including phenoxy) is 1. The van der Waals surface area contributed by atoms with Gasteiger partial charge in [-0.15, -0.1) is 0 Å². The van der Waals surface area contributed by atoms with Crippen molar-refractivity contribution in [3.63, 3.8) is 0 Å². The third kappa shape index (κ3) is 2.57. The van der Waals surface area contributed by atoms with E-state index in [1.54, 1.807) is 19.1 Å². The van der Waals surface area contributed by atoms with Crippen LogP contribution in [0.5, 0.6) is 0 Å². The van der Waals surface area contributed by atoms with Crippen LogP contribution in [0.1, 0.15) is 54.4 Å². The molecule has 0 bridgehead atoms. The molecule has 0 aromatic rings. The van der Waals surface area contributed by atoms with Gasteiger partial charge in [-0.25, -0.2) is 0 Å². The molecule has 1 saturated carbocycles. The fraction of sp³-hybridized carbons (Fsp3) is 0.727. The topological polar surface area (TPSA) is 104 Å². The quantitative estimate of drug-likeness (QED) is 0.490. The first-order valence-corrected chi connectivity index (χ1v) is 9.92. The Labute approximate surface area is 166 Å². The number of fused-ring (bicyclic) bond motifs is 3. The Hall–Kier alpha value is -1.50. The maximum atomic E-state index is 12.8. The van der Waals surface area contributed by atoms with Gasteiger partial charge in [0, 0.05) is 30.6 Å². The Morgan fingerprint density at radius 1 is 1.21 bits per heavy atom. The Bertz CT molecular complexity index is 780. The summed E-state index contributed by atoms with van der Waals surface area (Å²) in [7, 11) is 0. The van der Waals surface area contributed by atoms with Crippen LogP contribution >= 0.6 is 0 Å².